The van der Waals surface area contributed by atoms with Gasteiger partial charge in [0, 0.05) is 24.1 Å². The highest BCUT2D eigenvalue weighted by Gasteiger charge is 2.30. The Balaban J connectivity index is 1.61. The predicted molar refractivity (Wildman–Crippen MR) is 126 cm³/mol. The fourth-order valence-corrected chi connectivity index (χ4v) is 4.23. The standard InChI is InChI=1S/C27H27NO5/c1-27(2)15-21-13-18(11-12-23(21)33-27)16-28(17-25(29)30)26(31)20-8-6-7-19(14-20)22-9-4-5-10-24(22)32-3/h4-14H,15-17H2,1-3H3,(H,29,30). The van der Waals surface area contributed by atoms with Crippen LogP contribution in [0, 0.1) is 0 Å². The molecule has 170 valence electrons. The lowest BCUT2D eigenvalue weighted by molar-refractivity contribution is -0.137. The number of carbonyl (C=O) groups excluding carboxylic acids is 1. The normalized spacial score (nSPS) is 13.7. The van der Waals surface area contributed by atoms with E-state index in [0.717, 1.165) is 34.4 Å². The van der Waals surface area contributed by atoms with Gasteiger partial charge in [-0.2, -0.15) is 0 Å². The van der Waals surface area contributed by atoms with Crippen LogP contribution in [0.25, 0.3) is 11.1 Å². The number of para-hydroxylation sites is 1. The first kappa shape index (κ1) is 22.4. The molecule has 0 radical (unpaired) electrons. The Hall–Kier alpha value is -3.80. The second-order valence-corrected chi connectivity index (χ2v) is 8.82. The van der Waals surface area contributed by atoms with Crippen molar-refractivity contribution in [2.75, 3.05) is 13.7 Å². The lowest BCUT2D eigenvalue weighted by Crippen LogP contribution is -2.35. The molecule has 1 amide bonds. The summed E-state index contributed by atoms with van der Waals surface area (Å²) in [5, 5.41) is 9.45. The van der Waals surface area contributed by atoms with E-state index in [1.807, 2.05) is 62.4 Å². The number of carbonyl (C=O) groups is 2. The molecule has 6 heteroatoms. The topological polar surface area (TPSA) is 76.1 Å². The summed E-state index contributed by atoms with van der Waals surface area (Å²) in [5.41, 5.74) is 3.77. The van der Waals surface area contributed by atoms with E-state index in [-0.39, 0.29) is 18.1 Å². The third-order valence-electron chi connectivity index (χ3n) is 5.64. The quantitative estimate of drug-likeness (QED) is 0.565. The average Bonchev–Trinajstić information content (AvgIpc) is 3.11. The molecular formula is C27H27NO5. The number of nitrogens with zero attached hydrogens (tertiary/aromatic N) is 1. The molecule has 1 aliphatic heterocycles. The first-order chi connectivity index (χ1) is 15.8. The van der Waals surface area contributed by atoms with Crippen LogP contribution in [0.3, 0.4) is 0 Å². The van der Waals surface area contributed by atoms with Crippen molar-refractivity contribution in [3.63, 3.8) is 0 Å². The minimum absolute atomic E-state index is 0.192. The van der Waals surface area contributed by atoms with Crippen molar-refractivity contribution in [1.82, 2.24) is 4.90 Å². The number of benzene rings is 3. The van der Waals surface area contributed by atoms with E-state index in [4.69, 9.17) is 9.47 Å². The van der Waals surface area contributed by atoms with Crippen molar-refractivity contribution in [1.29, 1.82) is 0 Å². The summed E-state index contributed by atoms with van der Waals surface area (Å²) in [7, 11) is 1.60. The number of fused-ring (bicyclic) bond motifs is 1. The van der Waals surface area contributed by atoms with Crippen molar-refractivity contribution in [3.8, 4) is 22.6 Å². The van der Waals surface area contributed by atoms with E-state index in [2.05, 4.69) is 0 Å². The Morgan fingerprint density at radius 1 is 1.06 bits per heavy atom. The minimum Gasteiger partial charge on any atom is -0.496 e. The Labute approximate surface area is 193 Å². The van der Waals surface area contributed by atoms with Crippen molar-refractivity contribution >= 4 is 11.9 Å². The molecule has 0 spiro atoms. The number of rotatable bonds is 7. The van der Waals surface area contributed by atoms with Crippen molar-refractivity contribution < 1.29 is 24.2 Å². The largest absolute Gasteiger partial charge is 0.496 e. The van der Waals surface area contributed by atoms with E-state index in [9.17, 15) is 14.7 Å². The van der Waals surface area contributed by atoms with Crippen molar-refractivity contribution in [2.24, 2.45) is 0 Å². The molecule has 33 heavy (non-hydrogen) atoms. The van der Waals surface area contributed by atoms with Crippen LogP contribution in [0.4, 0.5) is 0 Å². The predicted octanol–water partition coefficient (Wildman–Crippen LogP) is 4.80. The Morgan fingerprint density at radius 2 is 1.85 bits per heavy atom. The lowest BCUT2D eigenvalue weighted by atomic mass is 9.99. The number of carboxylic acids is 1. The fraction of sp³-hybridized carbons (Fsp3) is 0.259. The van der Waals surface area contributed by atoms with Crippen LogP contribution in [0.2, 0.25) is 0 Å². The van der Waals surface area contributed by atoms with Crippen LogP contribution in [0.5, 0.6) is 11.5 Å². The number of hydrogen-bond donors (Lipinski definition) is 1. The van der Waals surface area contributed by atoms with Gasteiger partial charge in [-0.05, 0) is 54.8 Å². The molecule has 3 aromatic rings. The van der Waals surface area contributed by atoms with Crippen LogP contribution >= 0.6 is 0 Å². The average molecular weight is 446 g/mol. The maximum atomic E-state index is 13.4. The highest BCUT2D eigenvalue weighted by atomic mass is 16.5. The van der Waals surface area contributed by atoms with E-state index in [1.54, 1.807) is 25.3 Å². The third kappa shape index (κ3) is 5.00. The van der Waals surface area contributed by atoms with E-state index in [1.165, 1.54) is 4.90 Å². The Kier molecular flexibility index (Phi) is 6.09. The minimum atomic E-state index is -1.06. The second kappa shape index (κ2) is 8.98. The van der Waals surface area contributed by atoms with Gasteiger partial charge in [0.2, 0.25) is 0 Å². The van der Waals surface area contributed by atoms with Crippen molar-refractivity contribution in [3.05, 3.63) is 83.4 Å². The van der Waals surface area contributed by atoms with Gasteiger partial charge in [-0.25, -0.2) is 0 Å². The number of ether oxygens (including phenoxy) is 2. The molecule has 0 unspecified atom stereocenters. The molecule has 0 saturated carbocycles. The first-order valence-electron chi connectivity index (χ1n) is 10.8. The highest BCUT2D eigenvalue weighted by molar-refractivity contribution is 5.97. The van der Waals surface area contributed by atoms with Crippen molar-refractivity contribution in [2.45, 2.75) is 32.4 Å². The highest BCUT2D eigenvalue weighted by Crippen LogP contribution is 2.35. The number of aliphatic carboxylic acids is 1. The van der Waals surface area contributed by atoms with Gasteiger partial charge in [0.25, 0.3) is 5.91 Å². The zero-order valence-corrected chi connectivity index (χ0v) is 19.0. The summed E-state index contributed by atoms with van der Waals surface area (Å²) in [4.78, 5) is 26.3. The number of hydrogen-bond acceptors (Lipinski definition) is 4. The molecule has 3 aromatic carbocycles. The Bertz CT molecular complexity index is 1200. The second-order valence-electron chi connectivity index (χ2n) is 8.82. The van der Waals surface area contributed by atoms with Crippen LogP contribution in [-0.4, -0.2) is 41.1 Å². The summed E-state index contributed by atoms with van der Waals surface area (Å²) < 4.78 is 11.4. The summed E-state index contributed by atoms with van der Waals surface area (Å²) in [5.74, 6) is 0.137. The SMILES string of the molecule is COc1ccccc1-c1cccc(C(=O)N(CC(=O)O)Cc2ccc3c(c2)CC(C)(C)O3)c1. The molecule has 0 atom stereocenters. The molecule has 6 nitrogen and oxygen atoms in total. The van der Waals surface area contributed by atoms with Gasteiger partial charge in [0.1, 0.15) is 23.6 Å². The van der Waals surface area contributed by atoms with Gasteiger partial charge in [-0.3, -0.25) is 9.59 Å². The number of amides is 1. The van der Waals surface area contributed by atoms with Gasteiger partial charge in [-0.1, -0.05) is 42.5 Å². The molecule has 1 N–H and O–H groups in total. The molecule has 0 saturated heterocycles. The molecule has 1 aliphatic rings. The monoisotopic (exact) mass is 445 g/mol. The van der Waals surface area contributed by atoms with E-state index < -0.39 is 12.5 Å². The Morgan fingerprint density at radius 3 is 2.61 bits per heavy atom. The first-order valence-corrected chi connectivity index (χ1v) is 10.8. The molecular weight excluding hydrogens is 418 g/mol. The maximum absolute atomic E-state index is 13.4. The van der Waals surface area contributed by atoms with Crippen LogP contribution < -0.4 is 9.47 Å². The zero-order chi connectivity index (χ0) is 23.6. The van der Waals surface area contributed by atoms with Gasteiger partial charge < -0.3 is 19.5 Å². The van der Waals surface area contributed by atoms with E-state index >= 15 is 0 Å². The van der Waals surface area contributed by atoms with E-state index in [0.29, 0.717) is 11.3 Å². The molecule has 0 aliphatic carbocycles. The van der Waals surface area contributed by atoms with Gasteiger partial charge >= 0.3 is 5.97 Å². The smallest absolute Gasteiger partial charge is 0.323 e. The molecule has 0 bridgehead atoms. The molecule has 4 rings (SSSR count). The summed E-state index contributed by atoms with van der Waals surface area (Å²) >= 11 is 0. The number of methoxy groups -OCH3 is 1. The molecule has 0 fully saturated rings. The zero-order valence-electron chi connectivity index (χ0n) is 19.0. The van der Waals surface area contributed by atoms with Crippen LogP contribution in [0.1, 0.15) is 35.3 Å². The van der Waals surface area contributed by atoms with Gasteiger partial charge in [0.15, 0.2) is 0 Å². The van der Waals surface area contributed by atoms with Gasteiger partial charge in [-0.15, -0.1) is 0 Å². The fourth-order valence-electron chi connectivity index (χ4n) is 4.23. The molecule has 0 aromatic heterocycles. The maximum Gasteiger partial charge on any atom is 0.323 e. The molecule has 1 heterocycles. The summed E-state index contributed by atoms with van der Waals surface area (Å²) in [6, 6.07) is 20.5. The van der Waals surface area contributed by atoms with Crippen LogP contribution in [0.15, 0.2) is 66.7 Å². The third-order valence-corrected chi connectivity index (χ3v) is 5.64. The van der Waals surface area contributed by atoms with Gasteiger partial charge in [0.05, 0.1) is 7.11 Å². The number of carboxylic acid groups (broad SMARTS) is 1. The summed E-state index contributed by atoms with van der Waals surface area (Å²) in [6.45, 7) is 3.86. The van der Waals surface area contributed by atoms with Crippen LogP contribution in [-0.2, 0) is 17.8 Å². The lowest BCUT2D eigenvalue weighted by Gasteiger charge is -2.22. The summed E-state index contributed by atoms with van der Waals surface area (Å²) in [6.07, 6.45) is 0.768.